The molecule has 4 heterocycles. The SMILES string of the molecule is O=C1[C@@H]2[C@H](C(=O)N1c1ncn(Cc3ccc(Cl)cc3)n1)[C@@H]1CC[C@@H]2O1. The molecule has 0 spiro atoms. The van der Waals surface area contributed by atoms with Gasteiger partial charge in [0.1, 0.15) is 6.33 Å². The van der Waals surface area contributed by atoms with Crippen molar-refractivity contribution >= 4 is 29.4 Å². The van der Waals surface area contributed by atoms with Gasteiger partial charge in [-0.05, 0) is 30.5 Å². The molecule has 0 radical (unpaired) electrons. The van der Waals surface area contributed by atoms with E-state index >= 15 is 0 Å². The fraction of sp³-hybridized carbons (Fsp3) is 0.412. The molecule has 128 valence electrons. The fourth-order valence-corrected chi connectivity index (χ4v) is 4.28. The molecular weight excluding hydrogens is 344 g/mol. The van der Waals surface area contributed by atoms with Crippen LogP contribution >= 0.6 is 11.6 Å². The van der Waals surface area contributed by atoms with Gasteiger partial charge in [0.15, 0.2) is 0 Å². The predicted octanol–water partition coefficient (Wildman–Crippen LogP) is 1.65. The van der Waals surface area contributed by atoms with Gasteiger partial charge in [-0.1, -0.05) is 23.7 Å². The molecule has 2 amide bonds. The Morgan fingerprint density at radius 3 is 2.36 bits per heavy atom. The summed E-state index contributed by atoms with van der Waals surface area (Å²) in [5, 5.41) is 4.99. The van der Waals surface area contributed by atoms with Crippen molar-refractivity contribution in [3.63, 3.8) is 0 Å². The third kappa shape index (κ3) is 2.22. The average molecular weight is 359 g/mol. The number of hydrogen-bond acceptors (Lipinski definition) is 5. The van der Waals surface area contributed by atoms with Crippen molar-refractivity contribution in [1.29, 1.82) is 0 Å². The standard InChI is InChI=1S/C17H15ClN4O3/c18-10-3-1-9(2-4-10)7-21-8-19-17(20-21)22-15(23)13-11-5-6-12(25-11)14(13)16(22)24/h1-4,8,11-14H,5-7H2/t11-,12-,13-,14+/m0/s1. The number of fused-ring (bicyclic) bond motifs is 5. The van der Waals surface area contributed by atoms with Crippen LogP contribution in [-0.2, 0) is 20.9 Å². The zero-order chi connectivity index (χ0) is 17.1. The average Bonchev–Trinajstić information content (AvgIpc) is 3.35. The zero-order valence-electron chi connectivity index (χ0n) is 13.2. The van der Waals surface area contributed by atoms with Crippen molar-refractivity contribution in [3.05, 3.63) is 41.2 Å². The number of nitrogens with zero attached hydrogens (tertiary/aromatic N) is 4. The Kier molecular flexibility index (Phi) is 3.23. The Hall–Kier alpha value is -2.25. The van der Waals surface area contributed by atoms with Crippen LogP contribution in [0.15, 0.2) is 30.6 Å². The number of halogens is 1. The Balaban J connectivity index is 1.39. The van der Waals surface area contributed by atoms with E-state index in [1.165, 1.54) is 6.33 Å². The lowest BCUT2D eigenvalue weighted by atomic mass is 9.81. The van der Waals surface area contributed by atoms with E-state index in [9.17, 15) is 9.59 Å². The summed E-state index contributed by atoms with van der Waals surface area (Å²) < 4.78 is 7.34. The van der Waals surface area contributed by atoms with Crippen LogP contribution in [0.5, 0.6) is 0 Å². The Morgan fingerprint density at radius 1 is 1.08 bits per heavy atom. The number of aromatic nitrogens is 3. The van der Waals surface area contributed by atoms with Gasteiger partial charge in [-0.2, -0.15) is 4.98 Å². The number of carbonyl (C=O) groups is 2. The number of anilines is 1. The summed E-state index contributed by atoms with van der Waals surface area (Å²) in [6, 6.07) is 7.41. The van der Waals surface area contributed by atoms with Crippen molar-refractivity contribution in [2.45, 2.75) is 31.6 Å². The molecule has 3 aliphatic heterocycles. The quantitative estimate of drug-likeness (QED) is 0.780. The number of carbonyl (C=O) groups excluding carboxylic acids is 2. The van der Waals surface area contributed by atoms with Gasteiger partial charge in [-0.15, -0.1) is 5.10 Å². The highest BCUT2D eigenvalue weighted by Gasteiger charge is 2.63. The van der Waals surface area contributed by atoms with Crippen LogP contribution in [0.2, 0.25) is 5.02 Å². The van der Waals surface area contributed by atoms with Gasteiger partial charge < -0.3 is 4.74 Å². The van der Waals surface area contributed by atoms with Crippen LogP contribution in [-0.4, -0.2) is 38.8 Å². The lowest BCUT2D eigenvalue weighted by molar-refractivity contribution is -0.124. The van der Waals surface area contributed by atoms with Gasteiger partial charge in [-0.3, -0.25) is 9.59 Å². The Bertz CT molecular complexity index is 837. The van der Waals surface area contributed by atoms with Gasteiger partial charge in [0.2, 0.25) is 11.8 Å². The minimum atomic E-state index is -0.366. The summed E-state index contributed by atoms with van der Waals surface area (Å²) in [6.45, 7) is 0.488. The van der Waals surface area contributed by atoms with E-state index in [1.807, 2.05) is 12.1 Å². The Labute approximate surface area is 148 Å². The van der Waals surface area contributed by atoms with Gasteiger partial charge in [-0.25, -0.2) is 9.58 Å². The first kappa shape index (κ1) is 15.0. The third-order valence-electron chi connectivity index (χ3n) is 5.27. The number of amides is 2. The predicted molar refractivity (Wildman–Crippen MR) is 87.9 cm³/mol. The molecule has 4 atom stereocenters. The molecule has 0 saturated carbocycles. The van der Waals surface area contributed by atoms with Gasteiger partial charge in [0.05, 0.1) is 30.6 Å². The highest BCUT2D eigenvalue weighted by Crippen LogP contribution is 2.48. The Morgan fingerprint density at radius 2 is 1.72 bits per heavy atom. The second-order valence-electron chi connectivity index (χ2n) is 6.72. The summed E-state index contributed by atoms with van der Waals surface area (Å²) in [5.74, 6) is -1.04. The maximum Gasteiger partial charge on any atom is 0.258 e. The third-order valence-corrected chi connectivity index (χ3v) is 5.52. The van der Waals surface area contributed by atoms with E-state index in [4.69, 9.17) is 16.3 Å². The molecule has 3 aliphatic rings. The first-order valence-electron chi connectivity index (χ1n) is 8.29. The smallest absolute Gasteiger partial charge is 0.258 e. The largest absolute Gasteiger partial charge is 0.373 e. The number of ether oxygens (including phenoxy) is 1. The van der Waals surface area contributed by atoms with E-state index < -0.39 is 0 Å². The van der Waals surface area contributed by atoms with E-state index in [0.717, 1.165) is 23.3 Å². The molecule has 3 saturated heterocycles. The maximum atomic E-state index is 12.7. The molecule has 1 aromatic carbocycles. The minimum Gasteiger partial charge on any atom is -0.373 e. The first-order chi connectivity index (χ1) is 12.1. The van der Waals surface area contributed by atoms with E-state index in [1.54, 1.807) is 16.8 Å². The second kappa shape index (κ2) is 5.37. The highest BCUT2D eigenvalue weighted by atomic mass is 35.5. The number of rotatable bonds is 3. The van der Waals surface area contributed by atoms with Crippen molar-refractivity contribution in [3.8, 4) is 0 Å². The second-order valence-corrected chi connectivity index (χ2v) is 7.16. The van der Waals surface area contributed by atoms with E-state index in [2.05, 4.69) is 10.1 Å². The molecule has 0 unspecified atom stereocenters. The lowest BCUT2D eigenvalue weighted by Crippen LogP contribution is -2.35. The van der Waals surface area contributed by atoms with Gasteiger partial charge in [0.25, 0.3) is 5.95 Å². The number of hydrogen-bond donors (Lipinski definition) is 0. The molecule has 3 fully saturated rings. The topological polar surface area (TPSA) is 77.3 Å². The normalized spacial score (nSPS) is 30.4. The van der Waals surface area contributed by atoms with Crippen molar-refractivity contribution in [2.75, 3.05) is 4.90 Å². The molecule has 1 aromatic heterocycles. The first-order valence-corrected chi connectivity index (χ1v) is 8.67. The molecule has 5 rings (SSSR count). The van der Waals surface area contributed by atoms with Crippen molar-refractivity contribution in [2.24, 2.45) is 11.8 Å². The number of benzene rings is 1. The summed E-state index contributed by atoms with van der Waals surface area (Å²) in [6.07, 6.45) is 2.96. The summed E-state index contributed by atoms with van der Waals surface area (Å²) >= 11 is 5.89. The fourth-order valence-electron chi connectivity index (χ4n) is 4.15. The van der Waals surface area contributed by atoms with Crippen LogP contribution in [0.25, 0.3) is 0 Å². The zero-order valence-corrected chi connectivity index (χ0v) is 14.0. The van der Waals surface area contributed by atoms with E-state index in [0.29, 0.717) is 11.6 Å². The van der Waals surface area contributed by atoms with E-state index in [-0.39, 0.29) is 41.8 Å². The molecule has 0 aliphatic carbocycles. The summed E-state index contributed by atoms with van der Waals surface area (Å²) in [5.41, 5.74) is 1.00. The van der Waals surface area contributed by atoms with Crippen LogP contribution in [0, 0.1) is 11.8 Å². The van der Waals surface area contributed by atoms with Gasteiger partial charge >= 0.3 is 0 Å². The van der Waals surface area contributed by atoms with Gasteiger partial charge in [0, 0.05) is 5.02 Å². The molecule has 0 N–H and O–H groups in total. The number of imide groups is 1. The highest BCUT2D eigenvalue weighted by molar-refractivity contribution is 6.30. The minimum absolute atomic E-state index is 0.132. The summed E-state index contributed by atoms with van der Waals surface area (Å²) in [4.78, 5) is 30.7. The van der Waals surface area contributed by atoms with Crippen molar-refractivity contribution < 1.29 is 14.3 Å². The maximum absolute atomic E-state index is 12.7. The van der Waals surface area contributed by atoms with Crippen LogP contribution in [0.3, 0.4) is 0 Å². The lowest BCUT2D eigenvalue weighted by Gasteiger charge is -2.14. The summed E-state index contributed by atoms with van der Waals surface area (Å²) in [7, 11) is 0. The molecule has 8 heteroatoms. The molecule has 2 aromatic rings. The molecular formula is C17H15ClN4O3. The molecule has 25 heavy (non-hydrogen) atoms. The van der Waals surface area contributed by atoms with Crippen LogP contribution in [0.1, 0.15) is 18.4 Å². The van der Waals surface area contributed by atoms with Crippen LogP contribution in [0.4, 0.5) is 5.95 Å². The molecule has 2 bridgehead atoms. The van der Waals surface area contributed by atoms with Crippen LogP contribution < -0.4 is 4.90 Å². The monoisotopic (exact) mass is 358 g/mol. The molecule has 7 nitrogen and oxygen atoms in total. The van der Waals surface area contributed by atoms with Crippen molar-refractivity contribution in [1.82, 2.24) is 14.8 Å².